The molecule has 0 unspecified atom stereocenters. The number of rotatable bonds is 7. The Morgan fingerprint density at radius 3 is 2.25 bits per heavy atom. The molecule has 174 valence electrons. The van der Waals surface area contributed by atoms with Gasteiger partial charge in [0.2, 0.25) is 16.7 Å². The maximum absolute atomic E-state index is 10.9. The van der Waals surface area contributed by atoms with E-state index in [9.17, 15) is 38.5 Å². The first kappa shape index (κ1) is 23.9. The Bertz CT molecular complexity index is 1050. The Balaban J connectivity index is 1.81. The average Bonchev–Trinajstić information content (AvgIpc) is 2.72. The summed E-state index contributed by atoms with van der Waals surface area (Å²) in [4.78, 5) is 0. The van der Waals surface area contributed by atoms with Gasteiger partial charge < -0.3 is 39.6 Å². The summed E-state index contributed by atoms with van der Waals surface area (Å²) in [6.45, 7) is -0.785. The Morgan fingerprint density at radius 2 is 1.62 bits per heavy atom. The van der Waals surface area contributed by atoms with Crippen molar-refractivity contribution in [1.82, 2.24) is 0 Å². The summed E-state index contributed by atoms with van der Waals surface area (Å²) in [6, 6.07) is 10.4. The van der Waals surface area contributed by atoms with Crippen LogP contribution in [0.2, 0.25) is 0 Å². The van der Waals surface area contributed by atoms with E-state index < -0.39 is 47.7 Å². The molecule has 0 radical (unpaired) electrons. The maximum atomic E-state index is 10.9. The predicted octanol–water partition coefficient (Wildman–Crippen LogP) is -0.0686. The van der Waals surface area contributed by atoms with Crippen LogP contribution >= 0.6 is 0 Å². The van der Waals surface area contributed by atoms with Crippen molar-refractivity contribution in [3.8, 4) is 17.2 Å². The first-order valence-electron chi connectivity index (χ1n) is 9.30. The van der Waals surface area contributed by atoms with Gasteiger partial charge in [-0.2, -0.15) is 0 Å². The quantitative estimate of drug-likeness (QED) is 0.208. The average molecular weight is 469 g/mol. The van der Waals surface area contributed by atoms with E-state index in [2.05, 4.69) is 4.18 Å². The molecule has 1 aliphatic rings. The van der Waals surface area contributed by atoms with Crippen molar-refractivity contribution >= 4 is 22.6 Å². The first-order valence-corrected chi connectivity index (χ1v) is 10.6. The van der Waals surface area contributed by atoms with E-state index in [4.69, 9.17) is 9.47 Å². The van der Waals surface area contributed by atoms with Gasteiger partial charge in [0.15, 0.2) is 0 Å². The van der Waals surface area contributed by atoms with Gasteiger partial charge in [0, 0.05) is 6.07 Å². The lowest BCUT2D eigenvalue weighted by atomic mass is 9.99. The largest absolute Gasteiger partial charge is 0.726 e. The molecule has 0 spiro atoms. The molecule has 1 fully saturated rings. The van der Waals surface area contributed by atoms with E-state index in [0.717, 1.165) is 5.56 Å². The van der Waals surface area contributed by atoms with Crippen molar-refractivity contribution in [2.75, 3.05) is 6.61 Å². The zero-order valence-corrected chi connectivity index (χ0v) is 17.2. The number of hydrogen-bond donors (Lipinski definition) is 5. The number of hydrogen-bond acceptors (Lipinski definition) is 11. The van der Waals surface area contributed by atoms with Gasteiger partial charge in [0.05, 0.1) is 6.61 Å². The van der Waals surface area contributed by atoms with Gasteiger partial charge in [-0.15, -0.1) is 0 Å². The van der Waals surface area contributed by atoms with Crippen LogP contribution in [0.4, 0.5) is 0 Å². The number of aromatic hydroxyl groups is 2. The molecule has 1 saturated heterocycles. The SMILES string of the molecule is O=S(=O)([O-])O[C@@H]1[C@@H](O)[C@H](Oc2cc(O)cc(/C=C\c3ccc(O)cc3)c2)O[C@H](CO)[C@H]1O. The molecule has 5 atom stereocenters. The first-order chi connectivity index (χ1) is 15.1. The van der Waals surface area contributed by atoms with Gasteiger partial charge in [-0.25, -0.2) is 8.42 Å². The monoisotopic (exact) mass is 469 g/mol. The lowest BCUT2D eigenvalue weighted by molar-refractivity contribution is -0.272. The van der Waals surface area contributed by atoms with Gasteiger partial charge in [-0.1, -0.05) is 24.3 Å². The highest BCUT2D eigenvalue weighted by Crippen LogP contribution is 2.29. The van der Waals surface area contributed by atoms with Crippen LogP contribution in [-0.4, -0.2) is 75.8 Å². The smallest absolute Gasteiger partial charge is 0.229 e. The molecular weight excluding hydrogens is 448 g/mol. The minimum Gasteiger partial charge on any atom is -0.726 e. The summed E-state index contributed by atoms with van der Waals surface area (Å²) in [5.41, 5.74) is 1.24. The molecule has 12 heteroatoms. The van der Waals surface area contributed by atoms with Gasteiger partial charge in [-0.05, 0) is 35.4 Å². The van der Waals surface area contributed by atoms with Crippen LogP contribution in [0.1, 0.15) is 11.1 Å². The fourth-order valence-corrected chi connectivity index (χ4v) is 3.58. The highest BCUT2D eigenvalue weighted by molar-refractivity contribution is 7.80. The number of phenols is 2. The summed E-state index contributed by atoms with van der Waals surface area (Å²) in [6.07, 6.45) is -5.42. The van der Waals surface area contributed by atoms with Crippen LogP contribution in [0.25, 0.3) is 12.2 Å². The summed E-state index contributed by atoms with van der Waals surface area (Å²) in [7, 11) is -5.29. The molecule has 2 aromatic carbocycles. The molecule has 0 bridgehead atoms. The van der Waals surface area contributed by atoms with Gasteiger partial charge in [0.25, 0.3) is 0 Å². The number of aliphatic hydroxyl groups is 3. The molecule has 0 aromatic heterocycles. The van der Waals surface area contributed by atoms with Gasteiger partial charge in [-0.3, -0.25) is 4.18 Å². The molecule has 1 aliphatic heterocycles. The molecule has 0 amide bonds. The van der Waals surface area contributed by atoms with Gasteiger partial charge >= 0.3 is 0 Å². The molecule has 0 saturated carbocycles. The van der Waals surface area contributed by atoms with Crippen molar-refractivity contribution in [2.45, 2.75) is 30.7 Å². The van der Waals surface area contributed by atoms with E-state index in [0.29, 0.717) is 5.56 Å². The van der Waals surface area contributed by atoms with Crippen molar-refractivity contribution < 1.29 is 52.2 Å². The molecule has 3 rings (SSSR count). The van der Waals surface area contributed by atoms with E-state index >= 15 is 0 Å². The van der Waals surface area contributed by atoms with E-state index in [1.165, 1.54) is 30.3 Å². The zero-order valence-electron chi connectivity index (χ0n) is 16.4. The van der Waals surface area contributed by atoms with E-state index in [1.807, 2.05) is 0 Å². The Labute approximate surface area is 183 Å². The minimum absolute atomic E-state index is 0.00350. The molecule has 32 heavy (non-hydrogen) atoms. The van der Waals surface area contributed by atoms with Crippen molar-refractivity contribution in [3.63, 3.8) is 0 Å². The second-order valence-electron chi connectivity index (χ2n) is 6.98. The normalized spacial score (nSPS) is 26.3. The van der Waals surface area contributed by atoms with Crippen LogP contribution in [0.3, 0.4) is 0 Å². The van der Waals surface area contributed by atoms with E-state index in [1.54, 1.807) is 24.3 Å². The van der Waals surface area contributed by atoms with Gasteiger partial charge in [0.1, 0.15) is 41.7 Å². The van der Waals surface area contributed by atoms with Crippen LogP contribution in [0.5, 0.6) is 17.2 Å². The second-order valence-corrected chi connectivity index (χ2v) is 7.99. The number of aliphatic hydroxyl groups excluding tert-OH is 3. The third kappa shape index (κ3) is 6.17. The standard InChI is InChI=1S/C20H22O11S/c21-10-16-17(24)19(31-32(26,27)28)18(25)20(30-16)29-15-8-12(7-14(23)9-15)2-1-11-3-5-13(22)6-4-11/h1-9,16-25H,10H2,(H,26,27,28)/p-1/b2-1-/t16-,17-,18-,19+,20-/m1/s1. The molecule has 0 aliphatic carbocycles. The number of ether oxygens (including phenoxy) is 2. The highest BCUT2D eigenvalue weighted by atomic mass is 32.3. The third-order valence-electron chi connectivity index (χ3n) is 4.58. The third-order valence-corrected chi connectivity index (χ3v) is 5.04. The van der Waals surface area contributed by atoms with E-state index in [-0.39, 0.29) is 17.2 Å². The topological polar surface area (TPSA) is 186 Å². The second kappa shape index (κ2) is 9.83. The predicted molar refractivity (Wildman–Crippen MR) is 108 cm³/mol. The van der Waals surface area contributed by atoms with Crippen LogP contribution in [-0.2, 0) is 19.3 Å². The lowest BCUT2D eigenvalue weighted by Crippen LogP contribution is -2.61. The summed E-state index contributed by atoms with van der Waals surface area (Å²) in [5.74, 6) is -0.0948. The summed E-state index contributed by atoms with van der Waals surface area (Å²) < 4.78 is 47.8. The van der Waals surface area contributed by atoms with Crippen molar-refractivity contribution in [2.24, 2.45) is 0 Å². The lowest BCUT2D eigenvalue weighted by Gasteiger charge is -2.41. The Morgan fingerprint density at radius 1 is 0.969 bits per heavy atom. The number of benzene rings is 2. The molecule has 11 nitrogen and oxygen atoms in total. The Hall–Kier alpha value is -2.71. The molecule has 1 heterocycles. The van der Waals surface area contributed by atoms with Crippen LogP contribution in [0, 0.1) is 0 Å². The van der Waals surface area contributed by atoms with Crippen molar-refractivity contribution in [3.05, 3.63) is 53.6 Å². The molecule has 2 aromatic rings. The van der Waals surface area contributed by atoms with Crippen LogP contribution in [0.15, 0.2) is 42.5 Å². The molecular formula is C20H21O11S-. The highest BCUT2D eigenvalue weighted by Gasteiger charge is 2.47. The summed E-state index contributed by atoms with van der Waals surface area (Å²) in [5, 5.41) is 49.1. The van der Waals surface area contributed by atoms with Crippen molar-refractivity contribution in [1.29, 1.82) is 0 Å². The fourth-order valence-electron chi connectivity index (χ4n) is 3.08. The maximum Gasteiger partial charge on any atom is 0.229 e. The fraction of sp³-hybridized carbons (Fsp3) is 0.300. The minimum atomic E-state index is -5.29. The Kier molecular flexibility index (Phi) is 7.36. The molecule has 5 N–H and O–H groups in total. The van der Waals surface area contributed by atoms with Crippen LogP contribution < -0.4 is 4.74 Å². The number of phenolic OH excluding ortho intramolecular Hbond substituents is 2. The summed E-state index contributed by atoms with van der Waals surface area (Å²) >= 11 is 0. The zero-order chi connectivity index (χ0) is 23.5.